The molecule has 0 fully saturated rings. The molecule has 0 saturated heterocycles. The van der Waals surface area contributed by atoms with Gasteiger partial charge in [-0.3, -0.25) is 0 Å². The Kier molecular flexibility index (Phi) is 8.64. The van der Waals surface area contributed by atoms with Crippen molar-refractivity contribution in [3.05, 3.63) is 125 Å². The van der Waals surface area contributed by atoms with Crippen LogP contribution in [-0.2, 0) is 12.8 Å². The second kappa shape index (κ2) is 12.1. The van der Waals surface area contributed by atoms with Gasteiger partial charge in [-0.05, 0) is 66.1 Å². The molecule has 0 radical (unpaired) electrons. The van der Waals surface area contributed by atoms with Crippen LogP contribution in [0.3, 0.4) is 0 Å². The molecule has 4 rings (SSSR count). The number of aryl methyl sites for hydroxylation is 2. The molecule has 2 nitrogen and oxygen atoms in total. The fourth-order valence-corrected chi connectivity index (χ4v) is 4.20. The molecule has 0 aliphatic carbocycles. The number of benzene rings is 4. The lowest BCUT2D eigenvalue weighted by Gasteiger charge is -2.11. The molecule has 0 aliphatic heterocycles. The molecule has 6 heteroatoms. The molecule has 0 heterocycles. The summed E-state index contributed by atoms with van der Waals surface area (Å²) in [6.07, 6.45) is 2.21. The molecule has 0 aromatic heterocycles. The Morgan fingerprint density at radius 2 is 1.32 bits per heavy atom. The van der Waals surface area contributed by atoms with E-state index >= 15 is 0 Å². The van der Waals surface area contributed by atoms with Gasteiger partial charge < -0.3 is 9.84 Å². The van der Waals surface area contributed by atoms with Crippen LogP contribution in [0.15, 0.2) is 85.5 Å². The molecule has 1 atom stereocenters. The predicted molar refractivity (Wildman–Crippen MR) is 142 cm³/mol. The summed E-state index contributed by atoms with van der Waals surface area (Å²) in [6.45, 7) is 5.40. The van der Waals surface area contributed by atoms with Crippen molar-refractivity contribution in [3.63, 3.8) is 0 Å². The zero-order chi connectivity index (χ0) is 27.2. The van der Waals surface area contributed by atoms with Gasteiger partial charge >= 0.3 is 0 Å². The van der Waals surface area contributed by atoms with Crippen LogP contribution in [0, 0.1) is 23.3 Å². The highest BCUT2D eigenvalue weighted by Crippen LogP contribution is 2.31. The van der Waals surface area contributed by atoms with Gasteiger partial charge in [-0.15, -0.1) is 6.58 Å². The first-order chi connectivity index (χ1) is 18.3. The molecule has 1 N–H and O–H groups in total. The van der Waals surface area contributed by atoms with Crippen LogP contribution in [0.1, 0.15) is 36.1 Å². The normalized spacial score (nSPS) is 11.8. The van der Waals surface area contributed by atoms with Crippen molar-refractivity contribution >= 4 is 0 Å². The minimum Gasteiger partial charge on any atom is -0.490 e. The Morgan fingerprint density at radius 1 is 0.737 bits per heavy atom. The van der Waals surface area contributed by atoms with E-state index in [1.807, 2.05) is 0 Å². The van der Waals surface area contributed by atoms with Crippen molar-refractivity contribution in [3.8, 4) is 28.0 Å². The number of halogens is 4. The van der Waals surface area contributed by atoms with Gasteiger partial charge in [0, 0.05) is 11.1 Å². The summed E-state index contributed by atoms with van der Waals surface area (Å²) in [5.41, 5.74) is 3.05. The molecule has 196 valence electrons. The van der Waals surface area contributed by atoms with E-state index in [0.717, 1.165) is 5.56 Å². The Balaban J connectivity index is 1.44. The highest BCUT2D eigenvalue weighted by atomic mass is 19.2. The van der Waals surface area contributed by atoms with Crippen LogP contribution in [0.2, 0.25) is 0 Å². The summed E-state index contributed by atoms with van der Waals surface area (Å²) in [6, 6.07) is 19.5. The van der Waals surface area contributed by atoms with Crippen LogP contribution >= 0.6 is 0 Å². The standard InChI is InChI=1S/C32H28F4O2/c1-3-4-19-38-28-18-17-27(31(35)32(28)36)23-8-5-21(6-9-23)7-10-25-15-16-26(30(34)29(25)33)24-13-11-22(12-14-24)20(2)37/h3,5-6,8-9,11-18,20,37H,1,4,7,10,19H2,2H3. The van der Waals surface area contributed by atoms with Crippen molar-refractivity contribution in [2.75, 3.05) is 6.61 Å². The Labute approximate surface area is 219 Å². The maximum Gasteiger partial charge on any atom is 0.201 e. The van der Waals surface area contributed by atoms with E-state index in [1.165, 1.54) is 12.1 Å². The zero-order valence-corrected chi connectivity index (χ0v) is 21.0. The van der Waals surface area contributed by atoms with Crippen molar-refractivity contribution in [2.24, 2.45) is 0 Å². The lowest BCUT2D eigenvalue weighted by atomic mass is 9.97. The van der Waals surface area contributed by atoms with Crippen LogP contribution < -0.4 is 4.74 Å². The number of ether oxygens (including phenoxy) is 1. The second-order valence-electron chi connectivity index (χ2n) is 9.06. The van der Waals surface area contributed by atoms with Gasteiger partial charge in [-0.25, -0.2) is 13.2 Å². The Hall–Kier alpha value is -3.90. The molecule has 0 spiro atoms. The summed E-state index contributed by atoms with van der Waals surface area (Å²) in [4.78, 5) is 0. The summed E-state index contributed by atoms with van der Waals surface area (Å²) in [5, 5.41) is 9.64. The van der Waals surface area contributed by atoms with Crippen LogP contribution in [0.5, 0.6) is 5.75 Å². The number of hydrogen-bond donors (Lipinski definition) is 1. The highest BCUT2D eigenvalue weighted by Gasteiger charge is 2.17. The minimum atomic E-state index is -1.05. The molecule has 4 aromatic rings. The van der Waals surface area contributed by atoms with Crippen molar-refractivity contribution in [2.45, 2.75) is 32.3 Å². The first-order valence-corrected chi connectivity index (χ1v) is 12.4. The van der Waals surface area contributed by atoms with Crippen LogP contribution in [0.4, 0.5) is 17.6 Å². The predicted octanol–water partition coefficient (Wildman–Crippen LogP) is 8.37. The lowest BCUT2D eigenvalue weighted by Crippen LogP contribution is -2.01. The number of hydrogen-bond acceptors (Lipinski definition) is 2. The SMILES string of the molecule is C=CCCOc1ccc(-c2ccc(CCc3ccc(-c4ccc(C(C)O)cc4)c(F)c3F)cc2)c(F)c1F. The molecule has 0 amide bonds. The Morgan fingerprint density at radius 3 is 1.92 bits per heavy atom. The molecule has 1 unspecified atom stereocenters. The van der Waals surface area contributed by atoms with Gasteiger partial charge in [0.2, 0.25) is 5.82 Å². The maximum atomic E-state index is 14.9. The fourth-order valence-electron chi connectivity index (χ4n) is 4.20. The van der Waals surface area contributed by atoms with Crippen LogP contribution in [0.25, 0.3) is 22.3 Å². The second-order valence-corrected chi connectivity index (χ2v) is 9.06. The van der Waals surface area contributed by atoms with Crippen LogP contribution in [-0.4, -0.2) is 11.7 Å². The number of aliphatic hydroxyl groups excluding tert-OH is 1. The Bertz CT molecular complexity index is 1410. The van der Waals surface area contributed by atoms with Crippen molar-refractivity contribution in [1.82, 2.24) is 0 Å². The smallest absolute Gasteiger partial charge is 0.201 e. The average molecular weight is 521 g/mol. The third-order valence-electron chi connectivity index (χ3n) is 6.44. The molecule has 4 aromatic carbocycles. The van der Waals surface area contributed by atoms with E-state index in [2.05, 4.69) is 6.58 Å². The number of rotatable bonds is 10. The van der Waals surface area contributed by atoms with Gasteiger partial charge in [0.15, 0.2) is 23.2 Å². The third-order valence-corrected chi connectivity index (χ3v) is 6.44. The first-order valence-electron chi connectivity index (χ1n) is 12.4. The molecule has 0 aliphatic rings. The first kappa shape index (κ1) is 27.1. The van der Waals surface area contributed by atoms with E-state index in [0.29, 0.717) is 29.5 Å². The van der Waals surface area contributed by atoms with Gasteiger partial charge in [0.1, 0.15) is 0 Å². The summed E-state index contributed by atoms with van der Waals surface area (Å²) in [7, 11) is 0. The molecule has 38 heavy (non-hydrogen) atoms. The molecular formula is C32H28F4O2. The monoisotopic (exact) mass is 520 g/mol. The van der Waals surface area contributed by atoms with E-state index in [9.17, 15) is 22.7 Å². The van der Waals surface area contributed by atoms with E-state index in [-0.39, 0.29) is 35.5 Å². The van der Waals surface area contributed by atoms with Gasteiger partial charge in [0.05, 0.1) is 12.7 Å². The summed E-state index contributed by atoms with van der Waals surface area (Å²) >= 11 is 0. The van der Waals surface area contributed by atoms with Gasteiger partial charge in [0.25, 0.3) is 0 Å². The van der Waals surface area contributed by atoms with E-state index in [4.69, 9.17) is 4.74 Å². The summed E-state index contributed by atoms with van der Waals surface area (Å²) < 4.78 is 64.0. The largest absolute Gasteiger partial charge is 0.490 e. The van der Waals surface area contributed by atoms with Crippen molar-refractivity contribution < 1.29 is 27.4 Å². The zero-order valence-electron chi connectivity index (χ0n) is 21.0. The van der Waals surface area contributed by atoms with Gasteiger partial charge in [-0.2, -0.15) is 4.39 Å². The minimum absolute atomic E-state index is 0.107. The highest BCUT2D eigenvalue weighted by molar-refractivity contribution is 5.66. The number of aliphatic hydroxyl groups is 1. The molecular weight excluding hydrogens is 492 g/mol. The topological polar surface area (TPSA) is 29.5 Å². The molecule has 0 bridgehead atoms. The van der Waals surface area contributed by atoms with E-state index < -0.39 is 29.4 Å². The van der Waals surface area contributed by atoms with Crippen molar-refractivity contribution in [1.29, 1.82) is 0 Å². The average Bonchev–Trinajstić information content (AvgIpc) is 2.92. The van der Waals surface area contributed by atoms with Gasteiger partial charge in [-0.1, -0.05) is 66.7 Å². The lowest BCUT2D eigenvalue weighted by molar-refractivity contribution is 0.199. The summed E-state index contributed by atoms with van der Waals surface area (Å²) in [5.74, 6) is -4.01. The third kappa shape index (κ3) is 5.97. The molecule has 0 saturated carbocycles. The fraction of sp³-hybridized carbons (Fsp3) is 0.188. The quantitative estimate of drug-likeness (QED) is 0.129. The maximum absolute atomic E-state index is 14.9. The van der Waals surface area contributed by atoms with E-state index in [1.54, 1.807) is 73.7 Å².